The average molecular weight is 821 g/mol. The van der Waals surface area contributed by atoms with Crippen molar-refractivity contribution < 1.29 is 36.1 Å². The molecule has 2 atom stereocenters. The Morgan fingerprint density at radius 2 is 1.76 bits per heavy atom. The first kappa shape index (κ1) is 26.2. The van der Waals surface area contributed by atoms with Gasteiger partial charge in [-0.3, -0.25) is 14.1 Å². The van der Waals surface area contributed by atoms with Crippen molar-refractivity contribution in [2.45, 2.75) is 42.9 Å². The van der Waals surface area contributed by atoms with Crippen LogP contribution < -0.4 is 5.32 Å². The fourth-order valence-corrected chi connectivity index (χ4v) is 8.53. The minimum absolute atomic E-state index is 0.140. The van der Waals surface area contributed by atoms with Gasteiger partial charge in [0.2, 0.25) is 0 Å². The first-order valence-corrected chi connectivity index (χ1v) is 14.9. The fourth-order valence-electron chi connectivity index (χ4n) is 5.92. The predicted molar refractivity (Wildman–Crippen MR) is 139 cm³/mol. The molecule has 4 aliphatic rings. The fraction of sp³-hybridized carbons (Fsp3) is 0.600. The van der Waals surface area contributed by atoms with E-state index in [1.54, 1.807) is 0 Å². The molecule has 0 aromatic heterocycles. The van der Waals surface area contributed by atoms with E-state index in [1.807, 2.05) is 12.1 Å². The average Bonchev–Trinajstić information content (AvgIpc) is 2.67. The van der Waals surface area contributed by atoms with Crippen LogP contribution in [-0.2, 0) is 19.6 Å². The van der Waals surface area contributed by atoms with Gasteiger partial charge in [-0.15, -0.1) is 0 Å². The summed E-state index contributed by atoms with van der Waals surface area (Å²) in [7, 11) is -5.67. The molecule has 0 aliphatic heterocycles. The van der Waals surface area contributed by atoms with E-state index in [0.717, 1.165) is 30.0 Å². The lowest BCUT2D eigenvalue weighted by molar-refractivity contribution is -0.169. The van der Waals surface area contributed by atoms with E-state index in [0.29, 0.717) is 24.3 Å². The van der Waals surface area contributed by atoms with Gasteiger partial charge in [-0.2, -0.15) is 17.2 Å². The summed E-state index contributed by atoms with van der Waals surface area (Å²) in [6.45, 7) is -1.71. The van der Waals surface area contributed by atoms with Crippen molar-refractivity contribution in [3.8, 4) is 0 Å². The Morgan fingerprint density at radius 3 is 2.33 bits per heavy atom. The standard InChI is InChI=1S/C20H20F2I3NO6S/c21-20(22,33(29,30)31)8-32-18(28)15-10-1-9-2-11(15)7-19(5-9,6-10)26-17(27)13-3-12(23)4-14(24)16(13)25/h3-4,9-11,15H,1-2,5-8H2,(H,26,27)(H,29,30,31). The number of amides is 1. The summed E-state index contributed by atoms with van der Waals surface area (Å²) in [5, 5.41) is -1.31. The van der Waals surface area contributed by atoms with Crippen LogP contribution in [0, 0.1) is 34.4 Å². The van der Waals surface area contributed by atoms with Gasteiger partial charge in [-0.05, 0) is 130 Å². The summed E-state index contributed by atoms with van der Waals surface area (Å²) in [6.07, 6.45) is 3.37. The monoisotopic (exact) mass is 821 g/mol. The van der Waals surface area contributed by atoms with Crippen molar-refractivity contribution in [1.82, 2.24) is 5.32 Å². The van der Waals surface area contributed by atoms with E-state index in [4.69, 9.17) is 4.55 Å². The summed E-state index contributed by atoms with van der Waals surface area (Å²) >= 11 is 6.52. The number of carbonyl (C=O) groups excluding carboxylic acids is 2. The number of benzene rings is 1. The second-order valence-electron chi connectivity index (χ2n) is 9.20. The molecule has 7 nitrogen and oxygen atoms in total. The molecule has 0 heterocycles. The van der Waals surface area contributed by atoms with Crippen molar-refractivity contribution >= 4 is 89.8 Å². The van der Waals surface area contributed by atoms with Crippen LogP contribution in [0.5, 0.6) is 0 Å². The zero-order valence-electron chi connectivity index (χ0n) is 17.0. The number of esters is 1. The lowest BCUT2D eigenvalue weighted by Gasteiger charge is -2.59. The van der Waals surface area contributed by atoms with Crippen molar-refractivity contribution in [1.29, 1.82) is 0 Å². The molecule has 2 unspecified atom stereocenters. The number of nitrogens with one attached hydrogen (secondary N) is 1. The van der Waals surface area contributed by atoms with Crippen LogP contribution in [0.2, 0.25) is 0 Å². The normalized spacial score (nSPS) is 30.8. The zero-order chi connectivity index (χ0) is 24.3. The topological polar surface area (TPSA) is 110 Å². The zero-order valence-corrected chi connectivity index (χ0v) is 24.3. The smallest absolute Gasteiger partial charge is 0.402 e. The Bertz CT molecular complexity index is 1100. The SMILES string of the molecule is O=C(NC12CC3CC(C1)C(C(=O)OCC(F)(F)S(=O)(=O)O)C(C3)C2)c1cc(I)cc(I)c1I. The molecular weight excluding hydrogens is 801 g/mol. The van der Waals surface area contributed by atoms with Crippen LogP contribution >= 0.6 is 67.8 Å². The second kappa shape index (κ2) is 9.21. The van der Waals surface area contributed by atoms with Crippen LogP contribution in [0.1, 0.15) is 42.5 Å². The van der Waals surface area contributed by atoms with Gasteiger partial charge < -0.3 is 10.1 Å². The molecule has 1 aromatic carbocycles. The number of hydrogen-bond donors (Lipinski definition) is 2. The van der Waals surface area contributed by atoms with Gasteiger partial charge in [0.25, 0.3) is 5.91 Å². The van der Waals surface area contributed by atoms with Gasteiger partial charge in [0.1, 0.15) is 0 Å². The quantitative estimate of drug-likeness (QED) is 0.190. The van der Waals surface area contributed by atoms with Crippen LogP contribution in [0.25, 0.3) is 0 Å². The van der Waals surface area contributed by atoms with Gasteiger partial charge in [0, 0.05) is 16.2 Å². The summed E-state index contributed by atoms with van der Waals surface area (Å²) in [5.74, 6) is -1.61. The maximum absolute atomic E-state index is 13.5. The van der Waals surface area contributed by atoms with Crippen molar-refractivity contribution in [2.24, 2.45) is 23.7 Å². The number of halogens is 5. The highest BCUT2D eigenvalue weighted by molar-refractivity contribution is 14.1. The largest absolute Gasteiger partial charge is 0.458 e. The number of carbonyl (C=O) groups is 2. The van der Waals surface area contributed by atoms with Crippen LogP contribution in [0.4, 0.5) is 8.78 Å². The molecule has 13 heteroatoms. The summed E-state index contributed by atoms with van der Waals surface area (Å²) in [5.41, 5.74) is 0.143. The molecule has 5 rings (SSSR count). The molecule has 0 radical (unpaired) electrons. The Kier molecular flexibility index (Phi) is 7.31. The van der Waals surface area contributed by atoms with Gasteiger partial charge in [-0.1, -0.05) is 0 Å². The molecule has 33 heavy (non-hydrogen) atoms. The predicted octanol–water partition coefficient (Wildman–Crippen LogP) is 4.45. The van der Waals surface area contributed by atoms with E-state index < -0.39 is 39.4 Å². The lowest BCUT2D eigenvalue weighted by Crippen LogP contribution is -2.63. The maximum Gasteiger partial charge on any atom is 0.402 e. The van der Waals surface area contributed by atoms with E-state index in [1.165, 1.54) is 0 Å². The van der Waals surface area contributed by atoms with Gasteiger partial charge in [0.05, 0.1) is 11.5 Å². The third-order valence-electron chi connectivity index (χ3n) is 6.92. The Labute approximate surface area is 230 Å². The van der Waals surface area contributed by atoms with Crippen LogP contribution in [-0.4, -0.2) is 42.2 Å². The second-order valence-corrected chi connectivity index (χ2v) is 14.2. The molecule has 182 valence electrons. The number of ether oxygens (including phenoxy) is 1. The number of alkyl halides is 2. The van der Waals surface area contributed by atoms with Gasteiger partial charge >= 0.3 is 21.3 Å². The van der Waals surface area contributed by atoms with E-state index >= 15 is 0 Å². The molecular formula is C20H20F2I3NO6S. The lowest BCUT2D eigenvalue weighted by atomic mass is 9.49. The summed E-state index contributed by atoms with van der Waals surface area (Å²) < 4.78 is 64.7. The summed E-state index contributed by atoms with van der Waals surface area (Å²) in [4.78, 5) is 25.9. The maximum atomic E-state index is 13.5. The molecule has 0 spiro atoms. The Hall–Kier alpha value is 0.120. The van der Waals surface area contributed by atoms with Gasteiger partial charge in [-0.25, -0.2) is 0 Å². The molecule has 1 amide bonds. The van der Waals surface area contributed by atoms with Crippen molar-refractivity contribution in [3.63, 3.8) is 0 Å². The van der Waals surface area contributed by atoms with Crippen molar-refractivity contribution in [3.05, 3.63) is 28.4 Å². The number of rotatable bonds is 6. The first-order chi connectivity index (χ1) is 15.2. The molecule has 4 fully saturated rings. The van der Waals surface area contributed by atoms with E-state index in [9.17, 15) is 26.8 Å². The highest BCUT2D eigenvalue weighted by Gasteiger charge is 2.58. The minimum atomic E-state index is -5.67. The third-order valence-corrected chi connectivity index (χ3v) is 11.5. The number of hydrogen-bond acceptors (Lipinski definition) is 5. The highest BCUT2D eigenvalue weighted by Crippen LogP contribution is 2.58. The Balaban J connectivity index is 1.48. The molecule has 4 bridgehead atoms. The van der Waals surface area contributed by atoms with Crippen LogP contribution in [0.3, 0.4) is 0 Å². The van der Waals surface area contributed by atoms with Crippen molar-refractivity contribution in [2.75, 3.05) is 6.61 Å². The highest BCUT2D eigenvalue weighted by atomic mass is 127. The molecule has 2 N–H and O–H groups in total. The van der Waals surface area contributed by atoms with E-state index in [2.05, 4.69) is 77.8 Å². The molecule has 4 aliphatic carbocycles. The molecule has 1 aromatic rings. The third kappa shape index (κ3) is 5.16. The molecule has 4 saturated carbocycles. The minimum Gasteiger partial charge on any atom is -0.458 e. The Morgan fingerprint density at radius 1 is 1.15 bits per heavy atom. The van der Waals surface area contributed by atoms with E-state index in [-0.39, 0.29) is 17.7 Å². The summed E-state index contributed by atoms with van der Waals surface area (Å²) in [6, 6.07) is 3.84. The van der Waals surface area contributed by atoms with Gasteiger partial charge in [0.15, 0.2) is 6.61 Å². The molecule has 0 saturated heterocycles. The first-order valence-electron chi connectivity index (χ1n) is 10.2. The van der Waals surface area contributed by atoms with Crippen LogP contribution in [0.15, 0.2) is 12.1 Å².